The quantitative estimate of drug-likeness (QED) is 0.381. The van der Waals surface area contributed by atoms with Gasteiger partial charge in [-0.3, -0.25) is 24.2 Å². The molecule has 0 radical (unpaired) electrons. The predicted octanol–water partition coefficient (Wildman–Crippen LogP) is 3.03. The fourth-order valence-corrected chi connectivity index (χ4v) is 8.05. The van der Waals surface area contributed by atoms with Gasteiger partial charge < -0.3 is 25.8 Å². The van der Waals surface area contributed by atoms with E-state index >= 15 is 0 Å². The van der Waals surface area contributed by atoms with Crippen molar-refractivity contribution in [1.82, 2.24) is 9.80 Å². The molecule has 10 nitrogen and oxygen atoms in total. The second-order valence-electron chi connectivity index (χ2n) is 12.2. The van der Waals surface area contributed by atoms with Gasteiger partial charge in [0.1, 0.15) is 22.8 Å². The molecular weight excluding hydrogens is 550 g/mol. The summed E-state index contributed by atoms with van der Waals surface area (Å²) < 4.78 is 5.70. The lowest BCUT2D eigenvalue weighted by atomic mass is 9.57. The van der Waals surface area contributed by atoms with Gasteiger partial charge in [0.2, 0.25) is 5.78 Å². The van der Waals surface area contributed by atoms with Gasteiger partial charge in [0.05, 0.1) is 11.6 Å². The van der Waals surface area contributed by atoms with Crippen molar-refractivity contribution in [2.45, 2.75) is 76.2 Å². The average molecular weight is 588 g/mol. The van der Waals surface area contributed by atoms with Crippen LogP contribution in [0.5, 0.6) is 5.75 Å². The van der Waals surface area contributed by atoms with Crippen molar-refractivity contribution in [3.05, 3.63) is 44.7 Å². The fourth-order valence-electron chi connectivity index (χ4n) is 7.76. The Balaban J connectivity index is 1.66. The lowest BCUT2D eigenvalue weighted by Gasteiger charge is -2.52. The molecule has 1 aliphatic heterocycles. The number of likely N-dealkylation sites (N-methyl/N-ethyl adjacent to an activating group) is 1. The summed E-state index contributed by atoms with van der Waals surface area (Å²) in [7, 11) is 4.48. The standard InChI is InChI=1S/C30H38ClN3O7/c1-13-7-6-8-14(2)34(13)12-16-11-19(35)21-17(23(16)31)9-15-10-18-24(33(3)4)26(37)22(29(32)40)28(39)30(18,41-5)27(38)20(15)25(21)36/h11,13-15,18,24,35-36,39H,6-10,12H2,1-5H3,(H2,32,40)/t13-,14-,15-,18-,24-,30-/m0/s1. The van der Waals surface area contributed by atoms with Gasteiger partial charge in [0, 0.05) is 42.3 Å². The van der Waals surface area contributed by atoms with Crippen LogP contribution >= 0.6 is 11.6 Å². The lowest BCUT2D eigenvalue weighted by molar-refractivity contribution is -0.159. The molecule has 1 aromatic carbocycles. The number of phenolic OH excluding ortho intramolecular Hbond substituents is 1. The first-order chi connectivity index (χ1) is 19.3. The molecule has 0 aromatic heterocycles. The number of ketones is 2. The van der Waals surface area contributed by atoms with E-state index in [1.165, 1.54) is 7.11 Å². The number of Topliss-reactive ketones (excluding diaryl/α,β-unsaturated/α-hetero) is 2. The second kappa shape index (κ2) is 10.4. The number of methoxy groups -OCH3 is 1. The van der Waals surface area contributed by atoms with Crippen molar-refractivity contribution in [1.29, 1.82) is 0 Å². The van der Waals surface area contributed by atoms with Gasteiger partial charge in [-0.2, -0.15) is 0 Å². The van der Waals surface area contributed by atoms with Gasteiger partial charge in [-0.1, -0.05) is 18.0 Å². The van der Waals surface area contributed by atoms with Crippen LogP contribution in [0.15, 0.2) is 23.0 Å². The zero-order chi connectivity index (χ0) is 30.1. The maximum atomic E-state index is 14.3. The molecule has 11 heteroatoms. The zero-order valence-corrected chi connectivity index (χ0v) is 24.8. The minimum absolute atomic E-state index is 0.0461. The third-order valence-electron chi connectivity index (χ3n) is 9.75. The second-order valence-corrected chi connectivity index (χ2v) is 12.5. The fraction of sp³-hybridized carbons (Fsp3) is 0.567. The lowest BCUT2D eigenvalue weighted by Crippen LogP contribution is -2.66. The minimum atomic E-state index is -2.12. The number of phenols is 1. The first-order valence-electron chi connectivity index (χ1n) is 14.0. The normalized spacial score (nSPS) is 32.2. The molecule has 1 heterocycles. The summed E-state index contributed by atoms with van der Waals surface area (Å²) in [6, 6.07) is 1.24. The number of aliphatic hydroxyl groups excluding tert-OH is 2. The number of piperidine rings is 1. The number of primary amides is 1. The Hall–Kier alpha value is -2.92. The number of halogens is 1. The van der Waals surface area contributed by atoms with Gasteiger partial charge in [0.25, 0.3) is 5.91 Å². The molecule has 1 saturated carbocycles. The van der Waals surface area contributed by atoms with Gasteiger partial charge >= 0.3 is 0 Å². The van der Waals surface area contributed by atoms with Crippen molar-refractivity contribution in [3.8, 4) is 5.75 Å². The van der Waals surface area contributed by atoms with E-state index in [2.05, 4.69) is 18.7 Å². The number of aliphatic hydroxyl groups is 2. The average Bonchev–Trinajstić information content (AvgIpc) is 2.88. The molecule has 5 N–H and O–H groups in total. The number of hydrogen-bond acceptors (Lipinski definition) is 9. The van der Waals surface area contributed by atoms with Gasteiger partial charge in [0.15, 0.2) is 11.4 Å². The van der Waals surface area contributed by atoms with Crippen LogP contribution in [0, 0.1) is 11.8 Å². The van der Waals surface area contributed by atoms with Crippen LogP contribution in [0.25, 0.3) is 5.76 Å². The highest BCUT2D eigenvalue weighted by Gasteiger charge is 2.65. The Morgan fingerprint density at radius 1 is 1.20 bits per heavy atom. The van der Waals surface area contributed by atoms with Crippen molar-refractivity contribution in [2.75, 3.05) is 21.2 Å². The molecule has 6 atom stereocenters. The Morgan fingerprint density at radius 2 is 1.83 bits per heavy atom. The molecule has 222 valence electrons. The van der Waals surface area contributed by atoms with E-state index in [1.54, 1.807) is 25.1 Å². The molecule has 1 saturated heterocycles. The van der Waals surface area contributed by atoms with Crippen LogP contribution in [-0.4, -0.2) is 87.5 Å². The summed E-state index contributed by atoms with van der Waals surface area (Å²) in [6.07, 6.45) is 3.69. The van der Waals surface area contributed by atoms with Crippen LogP contribution in [0.2, 0.25) is 5.02 Å². The maximum Gasteiger partial charge on any atom is 0.255 e. The molecule has 1 amide bonds. The number of carbonyl (C=O) groups is 3. The molecule has 2 fully saturated rings. The highest BCUT2D eigenvalue weighted by molar-refractivity contribution is 6.32. The van der Waals surface area contributed by atoms with Crippen LogP contribution in [0.4, 0.5) is 0 Å². The first-order valence-corrected chi connectivity index (χ1v) is 14.4. The van der Waals surface area contributed by atoms with Crippen molar-refractivity contribution < 1.29 is 34.4 Å². The first kappa shape index (κ1) is 29.6. The van der Waals surface area contributed by atoms with E-state index < -0.39 is 58.0 Å². The Morgan fingerprint density at radius 3 is 2.39 bits per heavy atom. The van der Waals surface area contributed by atoms with Crippen molar-refractivity contribution in [3.63, 3.8) is 0 Å². The monoisotopic (exact) mass is 587 g/mol. The van der Waals surface area contributed by atoms with Gasteiger partial charge in [-0.15, -0.1) is 0 Å². The molecule has 5 rings (SSSR count). The number of nitrogens with zero attached hydrogens (tertiary/aromatic N) is 2. The molecule has 0 unspecified atom stereocenters. The number of benzene rings is 1. The van der Waals surface area contributed by atoms with Crippen LogP contribution < -0.4 is 5.73 Å². The highest BCUT2D eigenvalue weighted by Crippen LogP contribution is 2.55. The number of ether oxygens (including phenoxy) is 1. The highest BCUT2D eigenvalue weighted by atomic mass is 35.5. The van der Waals surface area contributed by atoms with E-state index in [4.69, 9.17) is 22.1 Å². The third kappa shape index (κ3) is 4.21. The zero-order valence-electron chi connectivity index (χ0n) is 24.0. The molecule has 4 aliphatic rings. The summed E-state index contributed by atoms with van der Waals surface area (Å²) in [5.74, 6) is -5.63. The molecule has 0 spiro atoms. The summed E-state index contributed by atoms with van der Waals surface area (Å²) in [4.78, 5) is 43.9. The van der Waals surface area contributed by atoms with E-state index in [0.29, 0.717) is 29.2 Å². The van der Waals surface area contributed by atoms with E-state index in [1.807, 2.05) is 0 Å². The van der Waals surface area contributed by atoms with Crippen molar-refractivity contribution in [2.24, 2.45) is 17.6 Å². The van der Waals surface area contributed by atoms with E-state index in [9.17, 15) is 29.7 Å². The van der Waals surface area contributed by atoms with Crippen LogP contribution in [-0.2, 0) is 32.1 Å². The summed E-state index contributed by atoms with van der Waals surface area (Å²) in [5, 5.41) is 34.3. The Kier molecular flexibility index (Phi) is 7.51. The summed E-state index contributed by atoms with van der Waals surface area (Å²) in [6.45, 7) is 4.89. The topological polar surface area (TPSA) is 154 Å². The SMILES string of the molecule is CO[C@]12C(=O)C3=C(O)c4c(O)cc(CN5[C@@H](C)CCC[C@@H]5C)c(Cl)c4C[C@H]3C[C@H]1[C@H](N(C)C)C(=O)C(C(N)=O)=C2O. The number of amides is 1. The maximum absolute atomic E-state index is 14.3. The molecular formula is C30H38ClN3O7. The van der Waals surface area contributed by atoms with Crippen molar-refractivity contribution >= 4 is 34.8 Å². The number of aromatic hydroxyl groups is 1. The largest absolute Gasteiger partial charge is 0.508 e. The third-order valence-corrected chi connectivity index (χ3v) is 10.2. The Labute approximate surface area is 244 Å². The summed E-state index contributed by atoms with van der Waals surface area (Å²) >= 11 is 6.98. The minimum Gasteiger partial charge on any atom is -0.508 e. The van der Waals surface area contributed by atoms with E-state index in [0.717, 1.165) is 24.8 Å². The summed E-state index contributed by atoms with van der Waals surface area (Å²) in [5.41, 5.74) is 3.95. The molecule has 1 aromatic rings. The smallest absolute Gasteiger partial charge is 0.255 e. The Bertz CT molecular complexity index is 1390. The van der Waals surface area contributed by atoms with Crippen LogP contribution in [0.3, 0.4) is 0 Å². The molecule has 3 aliphatic carbocycles. The number of likely N-dealkylation sites (tertiary alicyclic amines) is 1. The van der Waals surface area contributed by atoms with Gasteiger partial charge in [-0.25, -0.2) is 0 Å². The number of hydrogen-bond donors (Lipinski definition) is 4. The van der Waals surface area contributed by atoms with E-state index in [-0.39, 0.29) is 29.7 Å². The predicted molar refractivity (Wildman–Crippen MR) is 152 cm³/mol. The van der Waals surface area contributed by atoms with Crippen LogP contribution in [0.1, 0.15) is 56.2 Å². The number of nitrogens with two attached hydrogens (primary N) is 1. The number of fused-ring (bicyclic) bond motifs is 3. The number of carbonyl (C=O) groups excluding carboxylic acids is 3. The molecule has 0 bridgehead atoms. The number of rotatable bonds is 5. The van der Waals surface area contributed by atoms with Gasteiger partial charge in [-0.05, 0) is 76.7 Å². The molecule has 41 heavy (non-hydrogen) atoms.